The van der Waals surface area contributed by atoms with Gasteiger partial charge in [-0.3, -0.25) is 0 Å². The number of anilines is 1. The van der Waals surface area contributed by atoms with Crippen LogP contribution in [0, 0.1) is 0 Å². The van der Waals surface area contributed by atoms with Crippen LogP contribution in [0.3, 0.4) is 0 Å². The van der Waals surface area contributed by atoms with Crippen LogP contribution in [0.4, 0.5) is 10.5 Å². The molecule has 1 fully saturated rings. The summed E-state index contributed by atoms with van der Waals surface area (Å²) >= 11 is 1.70. The van der Waals surface area contributed by atoms with Gasteiger partial charge in [-0.2, -0.15) is 0 Å². The molecular formula is C17H23N5OS. The van der Waals surface area contributed by atoms with Crippen molar-refractivity contribution in [2.75, 3.05) is 18.4 Å². The molecule has 0 bridgehead atoms. The molecular weight excluding hydrogens is 322 g/mol. The first-order valence-corrected chi connectivity index (χ1v) is 9.09. The number of rotatable bonds is 2. The highest BCUT2D eigenvalue weighted by molar-refractivity contribution is 7.09. The molecule has 0 saturated carbocycles. The van der Waals surface area contributed by atoms with Gasteiger partial charge in [-0.15, -0.1) is 11.3 Å². The van der Waals surface area contributed by atoms with Gasteiger partial charge >= 0.3 is 6.03 Å². The minimum absolute atomic E-state index is 0.0836. The number of carbonyl (C=O) groups is 1. The Morgan fingerprint density at radius 2 is 1.88 bits per heavy atom. The van der Waals surface area contributed by atoms with Gasteiger partial charge in [0.15, 0.2) is 0 Å². The van der Waals surface area contributed by atoms with E-state index in [1.54, 1.807) is 23.7 Å². The second-order valence-corrected chi connectivity index (χ2v) is 8.03. The third kappa shape index (κ3) is 3.90. The van der Waals surface area contributed by atoms with E-state index >= 15 is 0 Å². The van der Waals surface area contributed by atoms with Crippen LogP contribution in [0.2, 0.25) is 0 Å². The van der Waals surface area contributed by atoms with Crippen molar-refractivity contribution in [3.05, 3.63) is 34.8 Å². The Morgan fingerprint density at radius 1 is 1.21 bits per heavy atom. The Labute approximate surface area is 146 Å². The van der Waals surface area contributed by atoms with Crippen molar-refractivity contribution in [3.8, 4) is 0 Å². The second-order valence-electron chi connectivity index (χ2n) is 7.11. The highest BCUT2D eigenvalue weighted by atomic mass is 32.1. The molecule has 0 radical (unpaired) electrons. The van der Waals surface area contributed by atoms with Gasteiger partial charge in [0.05, 0.1) is 23.1 Å². The van der Waals surface area contributed by atoms with Gasteiger partial charge in [-0.1, -0.05) is 20.8 Å². The van der Waals surface area contributed by atoms with Gasteiger partial charge < -0.3 is 10.2 Å². The minimum atomic E-state index is -0.0970. The molecule has 1 aliphatic rings. The predicted octanol–water partition coefficient (Wildman–Crippen LogP) is 3.64. The number of amides is 2. The second kappa shape index (κ2) is 6.84. The standard InChI is InChI=1S/C17H23N5OS/c1-17(2,3)15-19-10-13(11-20-15)21-16(23)22-7-4-12(5-8-22)14-18-6-9-24-14/h6,9-12H,4-5,7-8H2,1-3H3,(H,21,23). The molecule has 3 rings (SSSR count). The van der Waals surface area contributed by atoms with Crippen LogP contribution in [0.1, 0.15) is 50.4 Å². The molecule has 0 atom stereocenters. The lowest BCUT2D eigenvalue weighted by atomic mass is 9.96. The number of hydrogen-bond donors (Lipinski definition) is 1. The highest BCUT2D eigenvalue weighted by Crippen LogP contribution is 2.29. The molecule has 1 saturated heterocycles. The van der Waals surface area contributed by atoms with E-state index < -0.39 is 0 Å². The first-order valence-electron chi connectivity index (χ1n) is 8.21. The number of carbonyl (C=O) groups excluding carboxylic acids is 1. The van der Waals surface area contributed by atoms with E-state index in [-0.39, 0.29) is 11.4 Å². The molecule has 0 aromatic carbocycles. The van der Waals surface area contributed by atoms with Gasteiger partial charge in [-0.05, 0) is 12.8 Å². The third-order valence-corrected chi connectivity index (χ3v) is 5.09. The fraction of sp³-hybridized carbons (Fsp3) is 0.529. The van der Waals surface area contributed by atoms with Crippen molar-refractivity contribution in [3.63, 3.8) is 0 Å². The van der Waals surface area contributed by atoms with Crippen molar-refractivity contribution in [1.29, 1.82) is 0 Å². The van der Waals surface area contributed by atoms with Crippen LogP contribution in [-0.2, 0) is 5.41 Å². The lowest BCUT2D eigenvalue weighted by Gasteiger charge is -2.31. The van der Waals surface area contributed by atoms with E-state index in [0.717, 1.165) is 31.8 Å². The van der Waals surface area contributed by atoms with Gasteiger partial charge in [0.2, 0.25) is 0 Å². The number of nitrogens with one attached hydrogen (secondary N) is 1. The zero-order valence-electron chi connectivity index (χ0n) is 14.3. The Hall–Kier alpha value is -2.02. The first kappa shape index (κ1) is 16.8. The van der Waals surface area contributed by atoms with Crippen molar-refractivity contribution in [1.82, 2.24) is 19.9 Å². The van der Waals surface area contributed by atoms with E-state index in [9.17, 15) is 4.79 Å². The van der Waals surface area contributed by atoms with Crippen molar-refractivity contribution >= 4 is 23.1 Å². The minimum Gasteiger partial charge on any atom is -0.324 e. The van der Waals surface area contributed by atoms with Crippen LogP contribution >= 0.6 is 11.3 Å². The van der Waals surface area contributed by atoms with Crippen LogP contribution in [-0.4, -0.2) is 39.0 Å². The van der Waals surface area contributed by atoms with Crippen LogP contribution in [0.15, 0.2) is 24.0 Å². The highest BCUT2D eigenvalue weighted by Gasteiger charge is 2.25. The SMILES string of the molecule is CC(C)(C)c1ncc(NC(=O)N2CCC(c3nccs3)CC2)cn1. The van der Waals surface area contributed by atoms with Crippen molar-refractivity contribution in [2.45, 2.75) is 44.9 Å². The average Bonchev–Trinajstić information content (AvgIpc) is 3.09. The summed E-state index contributed by atoms with van der Waals surface area (Å²) in [7, 11) is 0. The number of urea groups is 1. The summed E-state index contributed by atoms with van der Waals surface area (Å²) in [5.74, 6) is 1.24. The molecule has 0 spiro atoms. The summed E-state index contributed by atoms with van der Waals surface area (Å²) in [5, 5.41) is 6.08. The summed E-state index contributed by atoms with van der Waals surface area (Å²) in [6.07, 6.45) is 7.11. The lowest BCUT2D eigenvalue weighted by molar-refractivity contribution is 0.194. The summed E-state index contributed by atoms with van der Waals surface area (Å²) in [4.78, 5) is 27.3. The lowest BCUT2D eigenvalue weighted by Crippen LogP contribution is -2.40. The zero-order chi connectivity index (χ0) is 17.2. The molecule has 3 heterocycles. The fourth-order valence-electron chi connectivity index (χ4n) is 2.75. The maximum atomic E-state index is 12.4. The number of likely N-dealkylation sites (tertiary alicyclic amines) is 1. The van der Waals surface area contributed by atoms with Gasteiger partial charge in [0.1, 0.15) is 5.82 Å². The average molecular weight is 345 g/mol. The Balaban J connectivity index is 1.54. The zero-order valence-corrected chi connectivity index (χ0v) is 15.1. The summed E-state index contributed by atoms with van der Waals surface area (Å²) in [6, 6.07) is -0.0836. The molecule has 2 aromatic heterocycles. The van der Waals surface area contributed by atoms with Gasteiger partial charge in [-0.25, -0.2) is 19.7 Å². The van der Waals surface area contributed by atoms with Gasteiger partial charge in [0.25, 0.3) is 0 Å². The summed E-state index contributed by atoms with van der Waals surface area (Å²) in [6.45, 7) is 7.68. The van der Waals surface area contributed by atoms with Crippen LogP contribution in [0.25, 0.3) is 0 Å². The molecule has 2 aromatic rings. The summed E-state index contributed by atoms with van der Waals surface area (Å²) < 4.78 is 0. The molecule has 24 heavy (non-hydrogen) atoms. The van der Waals surface area contributed by atoms with E-state index in [0.29, 0.717) is 11.6 Å². The number of hydrogen-bond acceptors (Lipinski definition) is 5. The Morgan fingerprint density at radius 3 is 2.42 bits per heavy atom. The molecule has 2 amide bonds. The number of thiazole rings is 1. The molecule has 0 aliphatic carbocycles. The molecule has 1 N–H and O–H groups in total. The fourth-order valence-corrected chi connectivity index (χ4v) is 3.56. The number of piperidine rings is 1. The smallest absolute Gasteiger partial charge is 0.321 e. The van der Waals surface area contributed by atoms with Crippen molar-refractivity contribution < 1.29 is 4.79 Å². The first-order chi connectivity index (χ1) is 11.4. The van der Waals surface area contributed by atoms with Crippen LogP contribution in [0.5, 0.6) is 0 Å². The normalized spacial score (nSPS) is 16.2. The van der Waals surface area contributed by atoms with Crippen molar-refractivity contribution in [2.24, 2.45) is 0 Å². The largest absolute Gasteiger partial charge is 0.324 e. The maximum absolute atomic E-state index is 12.4. The molecule has 0 unspecified atom stereocenters. The van der Waals surface area contributed by atoms with Crippen LogP contribution < -0.4 is 5.32 Å². The molecule has 1 aliphatic heterocycles. The molecule has 128 valence electrons. The number of nitrogens with zero attached hydrogens (tertiary/aromatic N) is 4. The monoisotopic (exact) mass is 345 g/mol. The van der Waals surface area contributed by atoms with E-state index in [1.807, 2.05) is 16.5 Å². The topological polar surface area (TPSA) is 71.0 Å². The Bertz CT molecular complexity index is 670. The number of aromatic nitrogens is 3. The third-order valence-electron chi connectivity index (χ3n) is 4.16. The van der Waals surface area contributed by atoms with E-state index in [2.05, 4.69) is 41.0 Å². The predicted molar refractivity (Wildman–Crippen MR) is 95.4 cm³/mol. The molecule has 6 nitrogen and oxygen atoms in total. The quantitative estimate of drug-likeness (QED) is 0.902. The van der Waals surface area contributed by atoms with E-state index in [4.69, 9.17) is 0 Å². The Kier molecular flexibility index (Phi) is 4.80. The summed E-state index contributed by atoms with van der Waals surface area (Å²) in [5.41, 5.74) is 0.537. The van der Waals surface area contributed by atoms with E-state index in [1.165, 1.54) is 5.01 Å². The van der Waals surface area contributed by atoms with Gasteiger partial charge in [0, 0.05) is 36.0 Å². The maximum Gasteiger partial charge on any atom is 0.321 e. The molecule has 7 heteroatoms.